The van der Waals surface area contributed by atoms with Gasteiger partial charge in [-0.2, -0.15) is 4.31 Å². The number of nitrogens with one attached hydrogen (secondary N) is 1. The lowest BCUT2D eigenvalue weighted by molar-refractivity contribution is -0.111. The molecule has 0 bridgehead atoms. The van der Waals surface area contributed by atoms with Gasteiger partial charge in [0.05, 0.1) is 4.90 Å². The van der Waals surface area contributed by atoms with Crippen LogP contribution in [0, 0.1) is 0 Å². The third-order valence-corrected chi connectivity index (χ3v) is 5.72. The number of amides is 1. The van der Waals surface area contributed by atoms with E-state index in [9.17, 15) is 13.2 Å². The van der Waals surface area contributed by atoms with Gasteiger partial charge in [-0.25, -0.2) is 8.42 Å². The van der Waals surface area contributed by atoms with Crippen LogP contribution in [0.1, 0.15) is 19.4 Å². The van der Waals surface area contributed by atoms with Gasteiger partial charge in [0.25, 0.3) is 0 Å². The normalized spacial score (nSPS) is 11.8. The maximum Gasteiger partial charge on any atom is 0.248 e. The number of hydrogen-bond acceptors (Lipinski definition) is 3. The zero-order valence-electron chi connectivity index (χ0n) is 14.3. The summed E-state index contributed by atoms with van der Waals surface area (Å²) >= 11 is 0. The monoisotopic (exact) mass is 358 g/mol. The summed E-state index contributed by atoms with van der Waals surface area (Å²) in [7, 11) is -3.55. The van der Waals surface area contributed by atoms with Gasteiger partial charge in [-0.1, -0.05) is 50.2 Å². The van der Waals surface area contributed by atoms with E-state index in [4.69, 9.17) is 0 Å². The molecule has 5 nitrogen and oxygen atoms in total. The van der Waals surface area contributed by atoms with E-state index in [1.807, 2.05) is 30.3 Å². The minimum atomic E-state index is -3.55. The number of nitrogens with zero attached hydrogens (tertiary/aromatic N) is 1. The number of hydrogen-bond donors (Lipinski definition) is 1. The van der Waals surface area contributed by atoms with Crippen LogP contribution in [-0.4, -0.2) is 31.7 Å². The molecule has 1 amide bonds. The zero-order valence-corrected chi connectivity index (χ0v) is 15.2. The van der Waals surface area contributed by atoms with Crippen molar-refractivity contribution in [3.8, 4) is 0 Å². The molecule has 0 unspecified atom stereocenters. The van der Waals surface area contributed by atoms with Crippen LogP contribution in [0.4, 0.5) is 5.69 Å². The van der Waals surface area contributed by atoms with Crippen LogP contribution in [0.25, 0.3) is 6.08 Å². The topological polar surface area (TPSA) is 66.5 Å². The Hall–Kier alpha value is -2.44. The van der Waals surface area contributed by atoms with E-state index in [2.05, 4.69) is 5.32 Å². The summed E-state index contributed by atoms with van der Waals surface area (Å²) in [6.07, 6.45) is 3.12. The lowest BCUT2D eigenvalue weighted by atomic mass is 10.2. The van der Waals surface area contributed by atoms with E-state index in [0.29, 0.717) is 18.8 Å². The average Bonchev–Trinajstić information content (AvgIpc) is 2.62. The second-order valence-electron chi connectivity index (χ2n) is 5.35. The number of rotatable bonds is 7. The first-order valence-electron chi connectivity index (χ1n) is 8.11. The van der Waals surface area contributed by atoms with Gasteiger partial charge >= 0.3 is 0 Å². The second kappa shape index (κ2) is 8.60. The Morgan fingerprint density at radius 1 is 1.04 bits per heavy atom. The van der Waals surface area contributed by atoms with Crippen LogP contribution in [0.3, 0.4) is 0 Å². The second-order valence-corrected chi connectivity index (χ2v) is 7.29. The summed E-state index contributed by atoms with van der Waals surface area (Å²) in [5.74, 6) is -0.318. The molecule has 0 heterocycles. The number of carbonyl (C=O) groups excluding carboxylic acids is 1. The van der Waals surface area contributed by atoms with E-state index in [-0.39, 0.29) is 10.8 Å². The highest BCUT2D eigenvalue weighted by Crippen LogP contribution is 2.19. The van der Waals surface area contributed by atoms with Crippen LogP contribution in [0.15, 0.2) is 65.6 Å². The van der Waals surface area contributed by atoms with Crippen molar-refractivity contribution in [2.75, 3.05) is 18.4 Å². The lowest BCUT2D eigenvalue weighted by Crippen LogP contribution is -2.30. The van der Waals surface area contributed by atoms with Crippen molar-refractivity contribution in [2.45, 2.75) is 18.7 Å². The largest absolute Gasteiger partial charge is 0.322 e. The Morgan fingerprint density at radius 3 is 2.36 bits per heavy atom. The molecular formula is C19H22N2O3S. The summed E-state index contributed by atoms with van der Waals surface area (Å²) in [6, 6.07) is 15.7. The smallest absolute Gasteiger partial charge is 0.248 e. The van der Waals surface area contributed by atoms with E-state index in [0.717, 1.165) is 5.56 Å². The molecule has 0 atom stereocenters. The van der Waals surface area contributed by atoms with Crippen molar-refractivity contribution in [1.82, 2.24) is 4.31 Å². The molecule has 2 rings (SSSR count). The van der Waals surface area contributed by atoms with Crippen molar-refractivity contribution in [2.24, 2.45) is 0 Å². The van der Waals surface area contributed by atoms with Crippen LogP contribution in [0.2, 0.25) is 0 Å². The molecule has 0 saturated heterocycles. The minimum absolute atomic E-state index is 0.168. The van der Waals surface area contributed by atoms with Gasteiger partial charge in [-0.3, -0.25) is 4.79 Å². The van der Waals surface area contributed by atoms with Crippen molar-refractivity contribution in [3.63, 3.8) is 0 Å². The molecule has 0 saturated carbocycles. The maximum absolute atomic E-state index is 12.5. The van der Waals surface area contributed by atoms with Gasteiger partial charge < -0.3 is 5.32 Å². The fourth-order valence-corrected chi connectivity index (χ4v) is 3.87. The van der Waals surface area contributed by atoms with Crippen molar-refractivity contribution in [1.29, 1.82) is 0 Å². The molecule has 0 radical (unpaired) electrons. The van der Waals surface area contributed by atoms with Crippen LogP contribution >= 0.6 is 0 Å². The van der Waals surface area contributed by atoms with Crippen molar-refractivity contribution in [3.05, 3.63) is 66.2 Å². The van der Waals surface area contributed by atoms with Gasteiger partial charge in [0.2, 0.25) is 15.9 Å². The van der Waals surface area contributed by atoms with Gasteiger partial charge in [-0.05, 0) is 29.8 Å². The van der Waals surface area contributed by atoms with E-state index in [1.165, 1.54) is 22.5 Å². The molecule has 0 aliphatic carbocycles. The lowest BCUT2D eigenvalue weighted by Gasteiger charge is -2.18. The van der Waals surface area contributed by atoms with Crippen molar-refractivity contribution >= 4 is 27.7 Å². The summed E-state index contributed by atoms with van der Waals surface area (Å²) in [4.78, 5) is 12.2. The Labute approximate surface area is 149 Å². The molecule has 0 aromatic heterocycles. The predicted octanol–water partition coefficient (Wildman–Crippen LogP) is 3.37. The van der Waals surface area contributed by atoms with Gasteiger partial charge in [0.15, 0.2) is 0 Å². The molecule has 2 aromatic carbocycles. The average molecular weight is 358 g/mol. The maximum atomic E-state index is 12.5. The molecule has 0 aliphatic rings. The number of carbonyl (C=O) groups is 1. The highest BCUT2D eigenvalue weighted by molar-refractivity contribution is 7.89. The number of benzene rings is 2. The van der Waals surface area contributed by atoms with E-state index < -0.39 is 10.0 Å². The molecule has 0 spiro atoms. The van der Waals surface area contributed by atoms with Crippen molar-refractivity contribution < 1.29 is 13.2 Å². The Kier molecular flexibility index (Phi) is 6.50. The molecule has 1 N–H and O–H groups in total. The summed E-state index contributed by atoms with van der Waals surface area (Å²) in [5, 5.41) is 2.69. The zero-order chi connectivity index (χ0) is 18.3. The molecule has 0 fully saturated rings. The van der Waals surface area contributed by atoms with Gasteiger partial charge in [-0.15, -0.1) is 0 Å². The fourth-order valence-electron chi connectivity index (χ4n) is 2.37. The Bertz CT molecular complexity index is 842. The highest BCUT2D eigenvalue weighted by Gasteiger charge is 2.21. The third kappa shape index (κ3) is 5.01. The SMILES string of the molecule is CCN(CC)S(=O)(=O)c1cccc(NC(=O)/C=C/c2ccccc2)c1. The van der Waals surface area contributed by atoms with Gasteiger partial charge in [0, 0.05) is 24.9 Å². The van der Waals surface area contributed by atoms with Crippen LogP contribution < -0.4 is 5.32 Å². The first-order chi connectivity index (χ1) is 12.0. The molecular weight excluding hydrogens is 336 g/mol. The van der Waals surface area contributed by atoms with E-state index in [1.54, 1.807) is 32.1 Å². The molecule has 132 valence electrons. The predicted molar refractivity (Wildman–Crippen MR) is 101 cm³/mol. The Balaban J connectivity index is 2.14. The van der Waals surface area contributed by atoms with Crippen LogP contribution in [0.5, 0.6) is 0 Å². The molecule has 25 heavy (non-hydrogen) atoms. The molecule has 0 aliphatic heterocycles. The minimum Gasteiger partial charge on any atom is -0.322 e. The first-order valence-corrected chi connectivity index (χ1v) is 9.55. The van der Waals surface area contributed by atoms with E-state index >= 15 is 0 Å². The molecule has 2 aromatic rings. The quantitative estimate of drug-likeness (QED) is 0.772. The summed E-state index contributed by atoms with van der Waals surface area (Å²) in [5.41, 5.74) is 1.35. The summed E-state index contributed by atoms with van der Waals surface area (Å²) < 4.78 is 26.5. The third-order valence-electron chi connectivity index (χ3n) is 3.67. The number of anilines is 1. The molecule has 6 heteroatoms. The summed E-state index contributed by atoms with van der Waals surface area (Å²) in [6.45, 7) is 4.38. The first kappa shape index (κ1) is 18.9. The Morgan fingerprint density at radius 2 is 1.72 bits per heavy atom. The number of sulfonamides is 1. The van der Waals surface area contributed by atoms with Gasteiger partial charge in [0.1, 0.15) is 0 Å². The highest BCUT2D eigenvalue weighted by atomic mass is 32.2. The standard InChI is InChI=1S/C19H22N2O3S/c1-3-21(4-2)25(23,24)18-12-8-11-17(15-18)20-19(22)14-13-16-9-6-5-7-10-16/h5-15H,3-4H2,1-2H3,(H,20,22)/b14-13+. The van der Waals surface area contributed by atoms with Crippen LogP contribution in [-0.2, 0) is 14.8 Å². The fraction of sp³-hybridized carbons (Fsp3) is 0.211.